The zero-order chi connectivity index (χ0) is 60.2. The van der Waals surface area contributed by atoms with E-state index in [0.717, 1.165) is 51.4 Å². The molecule has 492 valence electrons. The van der Waals surface area contributed by atoms with Gasteiger partial charge in [0.25, 0.3) is 0 Å². The Morgan fingerprint density at radius 1 is 0.434 bits per heavy atom. The van der Waals surface area contributed by atoms with E-state index in [1.54, 1.807) is 6.08 Å². The first-order chi connectivity index (χ1) is 40.7. The molecule has 7 atom stereocenters. The van der Waals surface area contributed by atoms with E-state index in [9.17, 15) is 35.1 Å². The minimum Gasteiger partial charge on any atom is -0.466 e. The zero-order valence-electron chi connectivity index (χ0n) is 54.7. The van der Waals surface area contributed by atoms with Crippen molar-refractivity contribution in [2.75, 3.05) is 19.8 Å². The number of hydrogen-bond acceptors (Lipinski definition) is 10. The van der Waals surface area contributed by atoms with Gasteiger partial charge >= 0.3 is 5.97 Å². The summed E-state index contributed by atoms with van der Waals surface area (Å²) in [6, 6.07) is -0.805. The highest BCUT2D eigenvalue weighted by molar-refractivity contribution is 5.76. The summed E-state index contributed by atoms with van der Waals surface area (Å²) < 4.78 is 16.7. The lowest BCUT2D eigenvalue weighted by molar-refractivity contribution is -0.302. The molecule has 1 aliphatic heterocycles. The maximum Gasteiger partial charge on any atom is 0.305 e. The molecule has 0 aliphatic carbocycles. The molecule has 7 unspecified atom stereocenters. The van der Waals surface area contributed by atoms with E-state index in [-0.39, 0.29) is 18.5 Å². The summed E-state index contributed by atoms with van der Waals surface area (Å²) in [5, 5.41) is 54.5. The van der Waals surface area contributed by atoms with Crippen LogP contribution in [0.15, 0.2) is 12.2 Å². The summed E-state index contributed by atoms with van der Waals surface area (Å²) in [4.78, 5) is 25.1. The van der Waals surface area contributed by atoms with Crippen LogP contribution in [0.1, 0.15) is 373 Å². The standard InChI is InChI=1S/C72H139NO10/c1-3-5-7-9-11-13-15-39-42-46-50-54-58-65(75)64(63-82-72-71(80)70(79)69(78)66(62-74)83-72)73-67(76)59-55-51-47-43-40-36-34-32-30-28-26-24-22-20-18-16-17-19-21-23-25-27-29-31-33-35-37-41-45-49-53-57-61-81-68(77)60-56-52-48-44-38-14-12-10-8-6-4-2/h54,58,64-66,69-72,74-75,78-80H,3-53,55-57,59-63H2,1-2H3,(H,73,76)/b58-54+. The second kappa shape index (κ2) is 62.0. The molecule has 11 nitrogen and oxygen atoms in total. The molecule has 11 heteroatoms. The number of aliphatic hydroxyl groups excluding tert-OH is 5. The topological polar surface area (TPSA) is 175 Å². The van der Waals surface area contributed by atoms with Gasteiger partial charge in [-0.25, -0.2) is 0 Å². The van der Waals surface area contributed by atoms with Crippen LogP contribution in [0, 0.1) is 0 Å². The van der Waals surface area contributed by atoms with Gasteiger partial charge in [-0.05, 0) is 32.1 Å². The van der Waals surface area contributed by atoms with E-state index >= 15 is 0 Å². The Hall–Kier alpha value is -1.60. The van der Waals surface area contributed by atoms with Gasteiger partial charge in [-0.2, -0.15) is 0 Å². The molecule has 0 saturated carbocycles. The number of carbonyl (C=O) groups excluding carboxylic acids is 2. The second-order valence-corrected chi connectivity index (χ2v) is 25.7. The minimum atomic E-state index is -1.57. The number of aliphatic hydroxyl groups is 5. The number of allylic oxidation sites excluding steroid dienone is 1. The number of ether oxygens (including phenoxy) is 3. The Morgan fingerprint density at radius 2 is 0.759 bits per heavy atom. The van der Waals surface area contributed by atoms with Crippen LogP contribution in [0.3, 0.4) is 0 Å². The number of carbonyl (C=O) groups is 2. The average molecular weight is 1180 g/mol. The predicted molar refractivity (Wildman–Crippen MR) is 348 cm³/mol. The molecule has 1 aliphatic rings. The van der Waals surface area contributed by atoms with Crippen LogP contribution in [-0.2, 0) is 23.8 Å². The predicted octanol–water partition coefficient (Wildman–Crippen LogP) is 18.6. The van der Waals surface area contributed by atoms with E-state index < -0.39 is 49.5 Å². The van der Waals surface area contributed by atoms with Crippen molar-refractivity contribution in [2.24, 2.45) is 0 Å². The van der Waals surface area contributed by atoms with E-state index in [0.29, 0.717) is 19.4 Å². The van der Waals surface area contributed by atoms with Crippen molar-refractivity contribution in [1.82, 2.24) is 5.32 Å². The molecule has 83 heavy (non-hydrogen) atoms. The number of amides is 1. The van der Waals surface area contributed by atoms with Gasteiger partial charge in [0.1, 0.15) is 24.4 Å². The lowest BCUT2D eigenvalue weighted by Gasteiger charge is -2.40. The fourth-order valence-electron chi connectivity index (χ4n) is 11.9. The maximum absolute atomic E-state index is 13.1. The lowest BCUT2D eigenvalue weighted by atomic mass is 9.99. The van der Waals surface area contributed by atoms with Gasteiger partial charge in [0.2, 0.25) is 5.91 Å². The number of nitrogens with one attached hydrogen (secondary N) is 1. The molecule has 0 aromatic heterocycles. The Bertz CT molecular complexity index is 1380. The monoisotopic (exact) mass is 1180 g/mol. The minimum absolute atomic E-state index is 0.0141. The van der Waals surface area contributed by atoms with Crippen LogP contribution in [-0.4, -0.2) is 100 Å². The van der Waals surface area contributed by atoms with Crippen LogP contribution in [0.5, 0.6) is 0 Å². The normalized spacial score (nSPS) is 18.1. The molecule has 1 heterocycles. The van der Waals surface area contributed by atoms with Crippen molar-refractivity contribution in [3.63, 3.8) is 0 Å². The van der Waals surface area contributed by atoms with Gasteiger partial charge in [0.05, 0.1) is 32.0 Å². The van der Waals surface area contributed by atoms with Crippen molar-refractivity contribution < 1.29 is 49.3 Å². The number of esters is 1. The highest BCUT2D eigenvalue weighted by Crippen LogP contribution is 2.24. The third-order valence-electron chi connectivity index (χ3n) is 17.7. The first-order valence-corrected chi connectivity index (χ1v) is 36.5. The molecule has 0 aromatic carbocycles. The van der Waals surface area contributed by atoms with Crippen LogP contribution in [0.4, 0.5) is 0 Å². The summed E-state index contributed by atoms with van der Waals surface area (Å²) in [6.45, 7) is 4.38. The molecule has 6 N–H and O–H groups in total. The Balaban J connectivity index is 1.92. The molecule has 0 radical (unpaired) electrons. The molecule has 1 saturated heterocycles. The van der Waals surface area contributed by atoms with E-state index in [1.165, 1.54) is 295 Å². The summed E-state index contributed by atoms with van der Waals surface area (Å²) in [6.07, 6.45) is 66.4. The largest absolute Gasteiger partial charge is 0.466 e. The SMILES string of the molecule is CCCCCCCCCCCC/C=C/C(O)C(COC1OC(CO)C(O)C(O)C1O)NC(=O)CCCCCCCCCCCCCCCCCCCCCCCCCCCCCCCCCCOC(=O)CCCCCCCCCCCCC. The highest BCUT2D eigenvalue weighted by atomic mass is 16.7. The van der Waals surface area contributed by atoms with Gasteiger partial charge in [0.15, 0.2) is 6.29 Å². The first kappa shape index (κ1) is 79.4. The molecule has 0 aromatic rings. The summed E-state index contributed by atoms with van der Waals surface area (Å²) in [5.41, 5.74) is 0. The third kappa shape index (κ3) is 51.0. The molecular weight excluding hydrogens is 1040 g/mol. The van der Waals surface area contributed by atoms with Gasteiger partial charge < -0.3 is 45.1 Å². The van der Waals surface area contributed by atoms with E-state index in [4.69, 9.17) is 14.2 Å². The van der Waals surface area contributed by atoms with Crippen LogP contribution in [0.25, 0.3) is 0 Å². The average Bonchev–Trinajstić information content (AvgIpc) is 3.55. The fourth-order valence-corrected chi connectivity index (χ4v) is 11.9. The van der Waals surface area contributed by atoms with Crippen LogP contribution >= 0.6 is 0 Å². The van der Waals surface area contributed by atoms with Crippen molar-refractivity contribution in [1.29, 1.82) is 0 Å². The molecular formula is C72H139NO10. The van der Waals surface area contributed by atoms with E-state index in [2.05, 4.69) is 19.2 Å². The first-order valence-electron chi connectivity index (χ1n) is 36.5. The summed E-state index contributed by atoms with van der Waals surface area (Å²) in [7, 11) is 0. The summed E-state index contributed by atoms with van der Waals surface area (Å²) in [5.74, 6) is -0.161. The van der Waals surface area contributed by atoms with Crippen molar-refractivity contribution in [2.45, 2.75) is 416 Å². The van der Waals surface area contributed by atoms with Gasteiger partial charge in [-0.15, -0.1) is 0 Å². The molecule has 1 amide bonds. The fraction of sp³-hybridized carbons (Fsp3) is 0.944. The molecule has 0 bridgehead atoms. The quantitative estimate of drug-likeness (QED) is 0.0195. The zero-order valence-corrected chi connectivity index (χ0v) is 54.7. The van der Waals surface area contributed by atoms with E-state index in [1.807, 2.05) is 6.08 Å². The molecule has 1 rings (SSSR count). The Kier molecular flexibility index (Phi) is 59.3. The van der Waals surface area contributed by atoms with Gasteiger partial charge in [-0.3, -0.25) is 9.59 Å². The lowest BCUT2D eigenvalue weighted by Crippen LogP contribution is -2.60. The van der Waals surface area contributed by atoms with Crippen LogP contribution < -0.4 is 5.32 Å². The van der Waals surface area contributed by atoms with Crippen molar-refractivity contribution >= 4 is 11.9 Å². The van der Waals surface area contributed by atoms with Gasteiger partial charge in [-0.1, -0.05) is 341 Å². The van der Waals surface area contributed by atoms with Gasteiger partial charge in [0, 0.05) is 12.8 Å². The summed E-state index contributed by atoms with van der Waals surface area (Å²) >= 11 is 0. The number of rotatable bonds is 65. The number of hydrogen-bond donors (Lipinski definition) is 6. The Labute approximate surface area is 512 Å². The smallest absolute Gasteiger partial charge is 0.305 e. The number of unbranched alkanes of at least 4 members (excludes halogenated alkanes) is 51. The highest BCUT2D eigenvalue weighted by Gasteiger charge is 2.44. The Morgan fingerprint density at radius 3 is 1.12 bits per heavy atom. The maximum atomic E-state index is 13.1. The van der Waals surface area contributed by atoms with Crippen molar-refractivity contribution in [3.8, 4) is 0 Å². The molecule has 0 spiro atoms. The van der Waals surface area contributed by atoms with Crippen LogP contribution in [0.2, 0.25) is 0 Å². The third-order valence-corrected chi connectivity index (χ3v) is 17.7. The second-order valence-electron chi connectivity index (χ2n) is 25.7. The van der Waals surface area contributed by atoms with Crippen molar-refractivity contribution in [3.05, 3.63) is 12.2 Å². The molecule has 1 fully saturated rings.